The van der Waals surface area contributed by atoms with E-state index in [1.54, 1.807) is 0 Å². The van der Waals surface area contributed by atoms with Crippen LogP contribution < -0.4 is 5.32 Å². The number of anilines is 1. The van der Waals surface area contributed by atoms with Gasteiger partial charge in [0.15, 0.2) is 5.16 Å². The van der Waals surface area contributed by atoms with Crippen LogP contribution in [-0.4, -0.2) is 26.4 Å². The van der Waals surface area contributed by atoms with Crippen LogP contribution in [-0.2, 0) is 4.79 Å². The molecule has 1 fully saturated rings. The molecule has 0 spiro atoms. The standard InChI is InChI=1S/C17H22N4OS/c1-11(2)13-4-6-14(7-5-13)18-16(22)10-23-17-20-19-12(3)21(17)15-8-9-15/h4-7,11,15H,8-10H2,1-3H3,(H,18,22). The van der Waals surface area contributed by atoms with Crippen molar-refractivity contribution in [2.24, 2.45) is 0 Å². The monoisotopic (exact) mass is 330 g/mol. The molecule has 0 saturated heterocycles. The summed E-state index contributed by atoms with van der Waals surface area (Å²) in [5.41, 5.74) is 2.10. The first-order valence-electron chi connectivity index (χ1n) is 7.98. The number of carbonyl (C=O) groups excluding carboxylic acids is 1. The maximum Gasteiger partial charge on any atom is 0.234 e. The average Bonchev–Trinajstić information content (AvgIpc) is 3.29. The highest BCUT2D eigenvalue weighted by molar-refractivity contribution is 7.99. The summed E-state index contributed by atoms with van der Waals surface area (Å²) in [5.74, 6) is 1.75. The lowest BCUT2D eigenvalue weighted by atomic mass is 10.0. The van der Waals surface area contributed by atoms with E-state index in [4.69, 9.17) is 0 Å². The Bertz CT molecular complexity index is 689. The van der Waals surface area contributed by atoms with Crippen molar-refractivity contribution in [2.45, 2.75) is 50.7 Å². The van der Waals surface area contributed by atoms with Crippen LogP contribution in [0.1, 0.15) is 50.0 Å². The molecule has 1 heterocycles. The largest absolute Gasteiger partial charge is 0.325 e. The number of nitrogens with one attached hydrogen (secondary N) is 1. The van der Waals surface area contributed by atoms with Crippen LogP contribution in [0.5, 0.6) is 0 Å². The molecule has 0 atom stereocenters. The molecule has 0 radical (unpaired) electrons. The lowest BCUT2D eigenvalue weighted by Gasteiger charge is -2.09. The number of aromatic nitrogens is 3. The number of hydrogen-bond donors (Lipinski definition) is 1. The predicted molar refractivity (Wildman–Crippen MR) is 92.9 cm³/mol. The smallest absolute Gasteiger partial charge is 0.234 e. The van der Waals surface area contributed by atoms with Gasteiger partial charge in [-0.1, -0.05) is 37.7 Å². The van der Waals surface area contributed by atoms with Crippen molar-refractivity contribution in [2.75, 3.05) is 11.1 Å². The average molecular weight is 330 g/mol. The highest BCUT2D eigenvalue weighted by atomic mass is 32.2. The minimum absolute atomic E-state index is 0.0182. The van der Waals surface area contributed by atoms with Crippen LogP contribution in [0, 0.1) is 6.92 Å². The molecule has 122 valence electrons. The first-order chi connectivity index (χ1) is 11.0. The van der Waals surface area contributed by atoms with Gasteiger partial charge in [-0.05, 0) is 43.4 Å². The summed E-state index contributed by atoms with van der Waals surface area (Å²) >= 11 is 1.45. The number of amides is 1. The zero-order valence-corrected chi connectivity index (χ0v) is 14.6. The molecule has 1 aromatic heterocycles. The van der Waals surface area contributed by atoms with Crippen molar-refractivity contribution in [3.63, 3.8) is 0 Å². The van der Waals surface area contributed by atoms with Crippen molar-refractivity contribution in [1.29, 1.82) is 0 Å². The van der Waals surface area contributed by atoms with E-state index in [-0.39, 0.29) is 5.91 Å². The molecular weight excluding hydrogens is 308 g/mol. The molecule has 5 nitrogen and oxygen atoms in total. The van der Waals surface area contributed by atoms with Gasteiger partial charge in [0, 0.05) is 11.7 Å². The molecule has 1 saturated carbocycles. The Hall–Kier alpha value is -1.82. The van der Waals surface area contributed by atoms with E-state index < -0.39 is 0 Å². The third-order valence-electron chi connectivity index (χ3n) is 3.94. The Morgan fingerprint density at radius 1 is 1.30 bits per heavy atom. The zero-order chi connectivity index (χ0) is 16.4. The van der Waals surface area contributed by atoms with E-state index in [1.807, 2.05) is 19.1 Å². The normalized spacial score (nSPS) is 14.3. The summed E-state index contributed by atoms with van der Waals surface area (Å²) in [6.45, 7) is 6.27. The van der Waals surface area contributed by atoms with Crippen LogP contribution in [0.3, 0.4) is 0 Å². The number of hydrogen-bond acceptors (Lipinski definition) is 4. The molecule has 1 aliphatic rings. The third-order valence-corrected chi connectivity index (χ3v) is 4.88. The van der Waals surface area contributed by atoms with Crippen molar-refractivity contribution < 1.29 is 4.79 Å². The van der Waals surface area contributed by atoms with Crippen LogP contribution in [0.4, 0.5) is 5.69 Å². The molecule has 2 aromatic rings. The first kappa shape index (κ1) is 16.1. The number of carbonyl (C=O) groups is 1. The van der Waals surface area contributed by atoms with E-state index in [0.717, 1.165) is 16.7 Å². The Labute approximate surface area is 140 Å². The number of nitrogens with zero attached hydrogens (tertiary/aromatic N) is 3. The third kappa shape index (κ3) is 3.93. The second-order valence-electron chi connectivity index (χ2n) is 6.24. The number of aryl methyl sites for hydroxylation is 1. The predicted octanol–water partition coefficient (Wildman–Crippen LogP) is 3.78. The maximum absolute atomic E-state index is 12.1. The van der Waals surface area contributed by atoms with E-state index in [9.17, 15) is 4.79 Å². The van der Waals surface area contributed by atoms with Gasteiger partial charge in [0.2, 0.25) is 5.91 Å². The summed E-state index contributed by atoms with van der Waals surface area (Å²) in [5, 5.41) is 12.1. The van der Waals surface area contributed by atoms with Crippen LogP contribution in [0.15, 0.2) is 29.4 Å². The SMILES string of the molecule is Cc1nnc(SCC(=O)Nc2ccc(C(C)C)cc2)n1C1CC1. The highest BCUT2D eigenvalue weighted by Crippen LogP contribution is 2.38. The van der Waals surface area contributed by atoms with Crippen LogP contribution in [0.25, 0.3) is 0 Å². The Kier molecular flexibility index (Phi) is 4.71. The molecule has 3 rings (SSSR count). The molecule has 0 aliphatic heterocycles. The minimum atomic E-state index is -0.0182. The fraction of sp³-hybridized carbons (Fsp3) is 0.471. The maximum atomic E-state index is 12.1. The summed E-state index contributed by atoms with van der Waals surface area (Å²) in [7, 11) is 0. The van der Waals surface area contributed by atoms with Gasteiger partial charge >= 0.3 is 0 Å². The fourth-order valence-electron chi connectivity index (χ4n) is 2.48. The summed E-state index contributed by atoms with van der Waals surface area (Å²) < 4.78 is 2.15. The van der Waals surface area contributed by atoms with Crippen LogP contribution >= 0.6 is 11.8 Å². The second kappa shape index (κ2) is 6.74. The number of rotatable bonds is 6. The quantitative estimate of drug-likeness (QED) is 0.819. The minimum Gasteiger partial charge on any atom is -0.325 e. The van der Waals surface area contributed by atoms with Gasteiger partial charge in [0.1, 0.15) is 5.82 Å². The molecule has 0 bridgehead atoms. The zero-order valence-electron chi connectivity index (χ0n) is 13.7. The lowest BCUT2D eigenvalue weighted by molar-refractivity contribution is -0.113. The molecule has 6 heteroatoms. The van der Waals surface area contributed by atoms with Gasteiger partial charge in [-0.3, -0.25) is 4.79 Å². The molecule has 1 amide bonds. The summed E-state index contributed by atoms with van der Waals surface area (Å²) in [6, 6.07) is 8.55. The fourth-order valence-corrected chi connectivity index (χ4v) is 3.33. The van der Waals surface area contributed by atoms with Crippen molar-refractivity contribution in [3.8, 4) is 0 Å². The van der Waals surface area contributed by atoms with Gasteiger partial charge in [0.25, 0.3) is 0 Å². The van der Waals surface area contributed by atoms with Gasteiger partial charge in [-0.25, -0.2) is 0 Å². The van der Waals surface area contributed by atoms with Gasteiger partial charge in [-0.2, -0.15) is 0 Å². The van der Waals surface area contributed by atoms with Crippen molar-refractivity contribution in [3.05, 3.63) is 35.7 Å². The van der Waals surface area contributed by atoms with Crippen molar-refractivity contribution in [1.82, 2.24) is 14.8 Å². The molecule has 1 aromatic carbocycles. The Balaban J connectivity index is 1.55. The van der Waals surface area contributed by atoms with Crippen molar-refractivity contribution >= 4 is 23.4 Å². The number of benzene rings is 1. The molecule has 0 unspecified atom stereocenters. The summed E-state index contributed by atoms with van der Waals surface area (Å²) in [6.07, 6.45) is 2.36. The molecule has 23 heavy (non-hydrogen) atoms. The Morgan fingerprint density at radius 2 is 2.00 bits per heavy atom. The molecule has 1 N–H and O–H groups in total. The topological polar surface area (TPSA) is 59.8 Å². The molecule has 1 aliphatic carbocycles. The van der Waals surface area contributed by atoms with Gasteiger partial charge in [-0.15, -0.1) is 10.2 Å². The lowest BCUT2D eigenvalue weighted by Crippen LogP contribution is -2.14. The van der Waals surface area contributed by atoms with E-state index in [0.29, 0.717) is 17.7 Å². The van der Waals surface area contributed by atoms with E-state index in [1.165, 1.54) is 30.2 Å². The van der Waals surface area contributed by atoms with E-state index in [2.05, 4.69) is 46.1 Å². The molecular formula is C17H22N4OS. The second-order valence-corrected chi connectivity index (χ2v) is 7.19. The first-order valence-corrected chi connectivity index (χ1v) is 8.97. The van der Waals surface area contributed by atoms with Gasteiger partial charge in [0.05, 0.1) is 5.75 Å². The summed E-state index contributed by atoms with van der Waals surface area (Å²) in [4.78, 5) is 12.1. The van der Waals surface area contributed by atoms with Crippen LogP contribution in [0.2, 0.25) is 0 Å². The van der Waals surface area contributed by atoms with E-state index >= 15 is 0 Å². The number of thioether (sulfide) groups is 1. The highest BCUT2D eigenvalue weighted by Gasteiger charge is 2.28. The Morgan fingerprint density at radius 3 is 2.61 bits per heavy atom. The van der Waals surface area contributed by atoms with Gasteiger partial charge < -0.3 is 9.88 Å².